The van der Waals surface area contributed by atoms with Gasteiger partial charge in [-0.05, 0) is 19.1 Å². The number of para-hydroxylation sites is 1. The number of hydrogen-bond acceptors (Lipinski definition) is 5. The van der Waals surface area contributed by atoms with E-state index < -0.39 is 23.3 Å². The van der Waals surface area contributed by atoms with Gasteiger partial charge in [0, 0.05) is 43.9 Å². The smallest absolute Gasteiger partial charge is 0.354 e. The van der Waals surface area contributed by atoms with Gasteiger partial charge >= 0.3 is 6.18 Å². The minimum atomic E-state index is -4.61. The zero-order valence-corrected chi connectivity index (χ0v) is 18.4. The van der Waals surface area contributed by atoms with Crippen LogP contribution < -0.4 is 10.2 Å². The molecule has 168 valence electrons. The third kappa shape index (κ3) is 5.86. The van der Waals surface area contributed by atoms with E-state index in [0.717, 1.165) is 23.4 Å². The van der Waals surface area contributed by atoms with Crippen LogP contribution in [0.2, 0.25) is 5.02 Å². The van der Waals surface area contributed by atoms with E-state index in [1.54, 1.807) is 0 Å². The largest absolute Gasteiger partial charge is 0.418 e. The Hall–Kier alpha value is -2.39. The van der Waals surface area contributed by atoms with Crippen LogP contribution in [0, 0.1) is 6.92 Å². The number of nitrogens with zero attached hydrogens (tertiary/aromatic N) is 4. The van der Waals surface area contributed by atoms with E-state index in [1.165, 1.54) is 12.1 Å². The molecule has 2 heterocycles. The molecule has 1 aliphatic heterocycles. The van der Waals surface area contributed by atoms with Crippen LogP contribution in [0.15, 0.2) is 24.3 Å². The molecule has 0 radical (unpaired) electrons. The first kappa shape index (κ1) is 23.3. The number of amides is 1. The summed E-state index contributed by atoms with van der Waals surface area (Å²) in [6.07, 6.45) is -4.61. The van der Waals surface area contributed by atoms with Crippen LogP contribution in [0.4, 0.5) is 24.7 Å². The summed E-state index contributed by atoms with van der Waals surface area (Å²) in [6.45, 7) is 8.47. The highest BCUT2D eigenvalue weighted by Crippen LogP contribution is 2.38. The van der Waals surface area contributed by atoms with Gasteiger partial charge in [-0.1, -0.05) is 31.5 Å². The number of aromatic nitrogens is 2. The highest BCUT2D eigenvalue weighted by molar-refractivity contribution is 6.34. The number of piperazine rings is 1. The Morgan fingerprint density at radius 2 is 1.87 bits per heavy atom. The fraction of sp³-hybridized carbons (Fsp3) is 0.476. The number of hydrogen-bond donors (Lipinski definition) is 1. The van der Waals surface area contributed by atoms with Crippen molar-refractivity contribution in [1.82, 2.24) is 14.9 Å². The van der Waals surface area contributed by atoms with Crippen LogP contribution in [0.3, 0.4) is 0 Å². The number of carbonyl (C=O) groups excluding carboxylic acids is 1. The first-order chi connectivity index (χ1) is 14.5. The minimum absolute atomic E-state index is 0.0175. The average Bonchev–Trinajstić information content (AvgIpc) is 2.68. The maximum atomic E-state index is 13.2. The molecule has 6 nitrogen and oxygen atoms in total. The van der Waals surface area contributed by atoms with Crippen LogP contribution in [-0.4, -0.2) is 53.5 Å². The Balaban J connectivity index is 1.61. The van der Waals surface area contributed by atoms with Crippen molar-refractivity contribution in [2.45, 2.75) is 32.9 Å². The van der Waals surface area contributed by atoms with E-state index in [9.17, 15) is 18.0 Å². The molecule has 0 unspecified atom stereocenters. The molecule has 31 heavy (non-hydrogen) atoms. The second-order valence-corrected chi connectivity index (χ2v) is 8.26. The maximum Gasteiger partial charge on any atom is 0.418 e. The predicted molar refractivity (Wildman–Crippen MR) is 115 cm³/mol. The van der Waals surface area contributed by atoms with E-state index in [2.05, 4.69) is 20.2 Å². The lowest BCUT2D eigenvalue weighted by molar-refractivity contribution is -0.137. The molecule has 1 N–H and O–H groups in total. The van der Waals surface area contributed by atoms with E-state index >= 15 is 0 Å². The van der Waals surface area contributed by atoms with Gasteiger partial charge in [-0.15, -0.1) is 0 Å². The molecule has 1 aromatic heterocycles. The molecule has 1 amide bonds. The van der Waals surface area contributed by atoms with Crippen molar-refractivity contribution in [2.75, 3.05) is 42.9 Å². The van der Waals surface area contributed by atoms with Crippen molar-refractivity contribution in [3.05, 3.63) is 46.4 Å². The fourth-order valence-electron chi connectivity index (χ4n) is 3.40. The molecule has 10 heteroatoms. The summed E-state index contributed by atoms with van der Waals surface area (Å²) in [7, 11) is 0. The topological polar surface area (TPSA) is 61.4 Å². The highest BCUT2D eigenvalue weighted by atomic mass is 35.5. The highest BCUT2D eigenvalue weighted by Gasteiger charge is 2.35. The van der Waals surface area contributed by atoms with Gasteiger partial charge in [0.05, 0.1) is 22.8 Å². The number of anilines is 2. The molecule has 1 aromatic carbocycles. The molecule has 0 aliphatic carbocycles. The number of halogens is 4. The van der Waals surface area contributed by atoms with Crippen molar-refractivity contribution in [1.29, 1.82) is 0 Å². The van der Waals surface area contributed by atoms with E-state index in [1.807, 2.05) is 31.7 Å². The SMILES string of the molecule is Cc1cc(N2CCN(CC(=O)Nc3c(Cl)cccc3C(F)(F)F)CC2)nc(C(C)C)n1. The van der Waals surface area contributed by atoms with Crippen molar-refractivity contribution in [2.24, 2.45) is 0 Å². The number of alkyl halides is 3. The van der Waals surface area contributed by atoms with Gasteiger partial charge in [0.25, 0.3) is 0 Å². The average molecular weight is 456 g/mol. The number of benzene rings is 1. The predicted octanol–water partition coefficient (Wildman–Crippen LogP) is 4.34. The molecule has 2 aromatic rings. The summed E-state index contributed by atoms with van der Waals surface area (Å²) in [5, 5.41) is 2.19. The van der Waals surface area contributed by atoms with E-state index in [4.69, 9.17) is 11.6 Å². The van der Waals surface area contributed by atoms with Gasteiger partial charge in [0.2, 0.25) is 5.91 Å². The van der Waals surface area contributed by atoms with Gasteiger partial charge in [-0.2, -0.15) is 13.2 Å². The standard InChI is InChI=1S/C21H25ClF3N5O/c1-13(2)20-26-14(3)11-17(27-20)30-9-7-29(8-10-30)12-18(31)28-19-15(21(23,24)25)5-4-6-16(19)22/h4-6,11,13H,7-10,12H2,1-3H3,(H,28,31). The van der Waals surface area contributed by atoms with E-state index in [-0.39, 0.29) is 17.5 Å². The zero-order valence-electron chi connectivity index (χ0n) is 17.6. The summed E-state index contributed by atoms with van der Waals surface area (Å²) in [4.78, 5) is 25.5. The Labute approximate surface area is 184 Å². The van der Waals surface area contributed by atoms with Gasteiger partial charge in [0.15, 0.2) is 0 Å². The summed E-state index contributed by atoms with van der Waals surface area (Å²) in [5.74, 6) is 1.32. The lowest BCUT2D eigenvalue weighted by Gasteiger charge is -2.35. The number of nitrogens with one attached hydrogen (secondary N) is 1. The van der Waals surface area contributed by atoms with Crippen LogP contribution in [0.5, 0.6) is 0 Å². The molecule has 0 spiro atoms. The summed E-state index contributed by atoms with van der Waals surface area (Å²) in [6, 6.07) is 5.36. The lowest BCUT2D eigenvalue weighted by atomic mass is 10.1. The van der Waals surface area contributed by atoms with Crippen LogP contribution in [0.1, 0.15) is 36.8 Å². The molecular weight excluding hydrogens is 431 g/mol. The second-order valence-electron chi connectivity index (χ2n) is 7.85. The molecule has 3 rings (SSSR count). The number of carbonyl (C=O) groups is 1. The molecule has 0 saturated carbocycles. The van der Waals surface area contributed by atoms with Crippen LogP contribution >= 0.6 is 11.6 Å². The van der Waals surface area contributed by atoms with Gasteiger partial charge in [-0.25, -0.2) is 9.97 Å². The zero-order chi connectivity index (χ0) is 22.8. The second kappa shape index (κ2) is 9.40. The Morgan fingerprint density at radius 1 is 1.19 bits per heavy atom. The first-order valence-electron chi connectivity index (χ1n) is 10.0. The normalized spacial score (nSPS) is 15.4. The molecule has 1 saturated heterocycles. The quantitative estimate of drug-likeness (QED) is 0.726. The first-order valence-corrected chi connectivity index (χ1v) is 10.4. The van der Waals surface area contributed by atoms with Gasteiger partial charge < -0.3 is 10.2 Å². The van der Waals surface area contributed by atoms with Crippen molar-refractivity contribution in [3.63, 3.8) is 0 Å². The van der Waals surface area contributed by atoms with Gasteiger partial charge in [0.1, 0.15) is 11.6 Å². The van der Waals surface area contributed by atoms with Crippen molar-refractivity contribution in [3.8, 4) is 0 Å². The van der Waals surface area contributed by atoms with Crippen LogP contribution in [-0.2, 0) is 11.0 Å². The molecule has 0 atom stereocenters. The molecule has 0 bridgehead atoms. The minimum Gasteiger partial charge on any atom is -0.354 e. The van der Waals surface area contributed by atoms with Gasteiger partial charge in [-0.3, -0.25) is 9.69 Å². The Bertz CT molecular complexity index is 943. The Kier molecular flexibility index (Phi) is 7.06. The maximum absolute atomic E-state index is 13.2. The molecule has 1 aliphatic rings. The fourth-order valence-corrected chi connectivity index (χ4v) is 3.62. The number of rotatable bonds is 5. The third-order valence-corrected chi connectivity index (χ3v) is 5.34. The third-order valence-electron chi connectivity index (χ3n) is 5.02. The monoisotopic (exact) mass is 455 g/mol. The Morgan fingerprint density at radius 3 is 2.48 bits per heavy atom. The van der Waals surface area contributed by atoms with E-state index in [0.29, 0.717) is 26.2 Å². The lowest BCUT2D eigenvalue weighted by Crippen LogP contribution is -2.49. The molecular formula is C21H25ClF3N5O. The molecule has 1 fully saturated rings. The summed E-state index contributed by atoms with van der Waals surface area (Å²) >= 11 is 5.91. The number of aryl methyl sites for hydroxylation is 1. The summed E-state index contributed by atoms with van der Waals surface area (Å²) in [5.41, 5.74) is -0.466. The van der Waals surface area contributed by atoms with Crippen molar-refractivity contribution >= 4 is 29.0 Å². The van der Waals surface area contributed by atoms with Crippen LogP contribution in [0.25, 0.3) is 0 Å². The van der Waals surface area contributed by atoms with Crippen molar-refractivity contribution < 1.29 is 18.0 Å². The summed E-state index contributed by atoms with van der Waals surface area (Å²) < 4.78 is 39.6.